The highest BCUT2D eigenvalue weighted by atomic mass is 127. The van der Waals surface area contributed by atoms with Crippen LogP contribution in [-0.4, -0.2) is 57.8 Å². The van der Waals surface area contributed by atoms with E-state index in [1.54, 1.807) is 0 Å². The van der Waals surface area contributed by atoms with Crippen molar-refractivity contribution in [2.75, 3.05) is 26.7 Å². The standard InChI is InChI=1S/C17H31N7.HI/c1-17(2,23-9-5-4-6-10-23)13-20-16(18-3)19-12-15-22-21-14-8-7-11-24(14)15;/h4-13H2,1-3H3,(H2,18,19,20);1H. The van der Waals surface area contributed by atoms with E-state index in [1.807, 2.05) is 7.05 Å². The Kier molecular flexibility index (Phi) is 7.48. The van der Waals surface area contributed by atoms with Gasteiger partial charge in [-0.15, -0.1) is 34.2 Å². The van der Waals surface area contributed by atoms with E-state index in [2.05, 4.69) is 49.1 Å². The van der Waals surface area contributed by atoms with Gasteiger partial charge in [0.1, 0.15) is 5.82 Å². The predicted octanol–water partition coefficient (Wildman–Crippen LogP) is 1.77. The minimum Gasteiger partial charge on any atom is -0.355 e. The average molecular weight is 461 g/mol. The van der Waals surface area contributed by atoms with Gasteiger partial charge in [0.2, 0.25) is 0 Å². The molecule has 3 heterocycles. The molecule has 0 atom stereocenters. The van der Waals surface area contributed by atoms with Crippen molar-refractivity contribution in [3.8, 4) is 0 Å². The van der Waals surface area contributed by atoms with Crippen molar-refractivity contribution in [2.45, 2.75) is 64.6 Å². The van der Waals surface area contributed by atoms with Crippen molar-refractivity contribution in [1.82, 2.24) is 30.3 Å². The average Bonchev–Trinajstić information content (AvgIpc) is 3.20. The third-order valence-corrected chi connectivity index (χ3v) is 5.22. The Bertz CT molecular complexity index is 576. The topological polar surface area (TPSA) is 70.4 Å². The molecule has 2 N–H and O–H groups in total. The molecule has 3 rings (SSSR count). The van der Waals surface area contributed by atoms with Crippen molar-refractivity contribution in [3.05, 3.63) is 11.6 Å². The number of nitrogens with zero attached hydrogens (tertiary/aromatic N) is 5. The van der Waals surface area contributed by atoms with E-state index in [0.717, 1.165) is 37.1 Å². The van der Waals surface area contributed by atoms with Crippen molar-refractivity contribution in [2.24, 2.45) is 4.99 Å². The molecule has 0 amide bonds. The molecule has 0 radical (unpaired) electrons. The summed E-state index contributed by atoms with van der Waals surface area (Å²) in [6.45, 7) is 9.60. The van der Waals surface area contributed by atoms with Gasteiger partial charge in [0.25, 0.3) is 0 Å². The first-order valence-electron chi connectivity index (χ1n) is 9.21. The molecule has 7 nitrogen and oxygen atoms in total. The van der Waals surface area contributed by atoms with Gasteiger partial charge in [-0.05, 0) is 46.2 Å². The molecule has 1 aromatic rings. The van der Waals surface area contributed by atoms with Crippen molar-refractivity contribution >= 4 is 29.9 Å². The SMILES string of the molecule is CN=C(NCc1nnc2n1CCC2)NCC(C)(C)N1CCCCC1.I. The van der Waals surface area contributed by atoms with Crippen LogP contribution in [0.5, 0.6) is 0 Å². The molecule has 0 saturated carbocycles. The Balaban J connectivity index is 0.00000225. The van der Waals surface area contributed by atoms with E-state index in [9.17, 15) is 0 Å². The van der Waals surface area contributed by atoms with E-state index in [1.165, 1.54) is 38.8 Å². The first-order chi connectivity index (χ1) is 11.6. The van der Waals surface area contributed by atoms with E-state index < -0.39 is 0 Å². The number of likely N-dealkylation sites (tertiary alicyclic amines) is 1. The van der Waals surface area contributed by atoms with Gasteiger partial charge in [0, 0.05) is 32.1 Å². The minimum absolute atomic E-state index is 0. The monoisotopic (exact) mass is 461 g/mol. The lowest BCUT2D eigenvalue weighted by atomic mass is 9.98. The maximum absolute atomic E-state index is 4.35. The first-order valence-corrected chi connectivity index (χ1v) is 9.21. The number of hydrogen-bond donors (Lipinski definition) is 2. The second-order valence-electron chi connectivity index (χ2n) is 7.43. The Morgan fingerprint density at radius 2 is 1.84 bits per heavy atom. The van der Waals surface area contributed by atoms with Crippen LogP contribution in [0.3, 0.4) is 0 Å². The molecule has 2 aliphatic heterocycles. The van der Waals surface area contributed by atoms with Gasteiger partial charge in [0.15, 0.2) is 11.8 Å². The Morgan fingerprint density at radius 3 is 2.56 bits per heavy atom. The highest BCUT2D eigenvalue weighted by molar-refractivity contribution is 14.0. The maximum Gasteiger partial charge on any atom is 0.191 e. The van der Waals surface area contributed by atoms with Crippen molar-refractivity contribution in [3.63, 3.8) is 0 Å². The number of aryl methyl sites for hydroxylation is 1. The molecule has 142 valence electrons. The number of aromatic nitrogens is 3. The molecule has 2 aliphatic rings. The maximum atomic E-state index is 4.35. The van der Waals surface area contributed by atoms with E-state index in [0.29, 0.717) is 6.54 Å². The van der Waals surface area contributed by atoms with E-state index >= 15 is 0 Å². The minimum atomic E-state index is 0. The van der Waals surface area contributed by atoms with Crippen LogP contribution in [0.1, 0.15) is 51.2 Å². The largest absolute Gasteiger partial charge is 0.355 e. The lowest BCUT2D eigenvalue weighted by Crippen LogP contribution is -2.54. The highest BCUT2D eigenvalue weighted by Crippen LogP contribution is 2.19. The third-order valence-electron chi connectivity index (χ3n) is 5.22. The molecule has 0 aromatic carbocycles. The van der Waals surface area contributed by atoms with Gasteiger partial charge in [-0.2, -0.15) is 0 Å². The second kappa shape index (κ2) is 9.16. The molecule has 0 spiro atoms. The zero-order valence-corrected chi connectivity index (χ0v) is 18.0. The number of aliphatic imine (C=N–C) groups is 1. The van der Waals surface area contributed by atoms with Gasteiger partial charge >= 0.3 is 0 Å². The van der Waals surface area contributed by atoms with Gasteiger partial charge in [-0.3, -0.25) is 9.89 Å². The molecule has 25 heavy (non-hydrogen) atoms. The van der Waals surface area contributed by atoms with E-state index in [-0.39, 0.29) is 29.5 Å². The van der Waals surface area contributed by atoms with Gasteiger partial charge in [-0.1, -0.05) is 6.42 Å². The van der Waals surface area contributed by atoms with Gasteiger partial charge in [-0.25, -0.2) is 0 Å². The summed E-state index contributed by atoms with van der Waals surface area (Å²) in [6.07, 6.45) is 6.22. The van der Waals surface area contributed by atoms with Crippen LogP contribution in [-0.2, 0) is 19.5 Å². The summed E-state index contributed by atoms with van der Waals surface area (Å²) < 4.78 is 2.22. The summed E-state index contributed by atoms with van der Waals surface area (Å²) in [5.74, 6) is 2.94. The molecule has 1 fully saturated rings. The Hall–Kier alpha value is -0.900. The number of guanidine groups is 1. The summed E-state index contributed by atoms with van der Waals surface area (Å²) in [4.78, 5) is 6.93. The van der Waals surface area contributed by atoms with Crippen LogP contribution in [0.4, 0.5) is 0 Å². The number of halogens is 1. The third kappa shape index (κ3) is 5.06. The lowest BCUT2D eigenvalue weighted by Gasteiger charge is -2.41. The fourth-order valence-corrected chi connectivity index (χ4v) is 3.64. The molecule has 0 aliphatic carbocycles. The van der Waals surface area contributed by atoms with Gasteiger partial charge in [0.05, 0.1) is 6.54 Å². The van der Waals surface area contributed by atoms with E-state index in [4.69, 9.17) is 0 Å². The summed E-state index contributed by atoms with van der Waals surface area (Å²) >= 11 is 0. The summed E-state index contributed by atoms with van der Waals surface area (Å²) in [6, 6.07) is 0. The van der Waals surface area contributed by atoms with Crippen LogP contribution in [0, 0.1) is 0 Å². The number of hydrogen-bond acceptors (Lipinski definition) is 4. The molecular weight excluding hydrogens is 429 g/mol. The molecule has 0 bridgehead atoms. The zero-order chi connectivity index (χ0) is 17.0. The molecule has 0 unspecified atom stereocenters. The highest BCUT2D eigenvalue weighted by Gasteiger charge is 2.28. The smallest absolute Gasteiger partial charge is 0.191 e. The van der Waals surface area contributed by atoms with Gasteiger partial charge < -0.3 is 15.2 Å². The van der Waals surface area contributed by atoms with Crippen molar-refractivity contribution < 1.29 is 0 Å². The molecule has 1 saturated heterocycles. The number of piperidine rings is 1. The summed E-state index contributed by atoms with van der Waals surface area (Å²) in [5, 5.41) is 15.4. The summed E-state index contributed by atoms with van der Waals surface area (Å²) in [5.41, 5.74) is 0.133. The Labute approximate surface area is 168 Å². The second-order valence-corrected chi connectivity index (χ2v) is 7.43. The quantitative estimate of drug-likeness (QED) is 0.398. The molecule has 1 aromatic heterocycles. The molecular formula is C17H32IN7. The number of rotatable bonds is 5. The fraction of sp³-hybridized carbons (Fsp3) is 0.824. The normalized spacial score (nSPS) is 18.6. The van der Waals surface area contributed by atoms with Crippen LogP contribution in [0.15, 0.2) is 4.99 Å². The van der Waals surface area contributed by atoms with Crippen LogP contribution >= 0.6 is 24.0 Å². The van der Waals surface area contributed by atoms with Crippen molar-refractivity contribution in [1.29, 1.82) is 0 Å². The Morgan fingerprint density at radius 1 is 1.08 bits per heavy atom. The first kappa shape index (κ1) is 20.4. The molecule has 8 heteroatoms. The fourth-order valence-electron chi connectivity index (χ4n) is 3.64. The lowest BCUT2D eigenvalue weighted by molar-refractivity contribution is 0.0982. The predicted molar refractivity (Wildman–Crippen MR) is 111 cm³/mol. The number of nitrogens with one attached hydrogen (secondary N) is 2. The van der Waals surface area contributed by atoms with Crippen LogP contribution < -0.4 is 10.6 Å². The van der Waals surface area contributed by atoms with Crippen LogP contribution in [0.2, 0.25) is 0 Å². The number of fused-ring (bicyclic) bond motifs is 1. The summed E-state index contributed by atoms with van der Waals surface area (Å²) in [7, 11) is 1.82. The van der Waals surface area contributed by atoms with Crippen LogP contribution in [0.25, 0.3) is 0 Å². The zero-order valence-electron chi connectivity index (χ0n) is 15.7.